The summed E-state index contributed by atoms with van der Waals surface area (Å²) in [7, 11) is 0. The third-order valence-corrected chi connectivity index (χ3v) is 1.79. The highest BCUT2D eigenvalue weighted by atomic mass is 15.4. The Morgan fingerprint density at radius 1 is 1.50 bits per heavy atom. The molecule has 53 valence electrons. The van der Waals surface area contributed by atoms with Gasteiger partial charge >= 0.3 is 0 Å². The molecule has 1 fully saturated rings. The summed E-state index contributed by atoms with van der Waals surface area (Å²) in [5.41, 5.74) is 0. The standard InChI is InChI=1S/C7H10N3/c1-3-7(8-4-1)10-6-2-5-9-10/h2,5-7H,1,3-4H2. The van der Waals surface area contributed by atoms with Crippen LogP contribution in [0.1, 0.15) is 19.0 Å². The van der Waals surface area contributed by atoms with E-state index < -0.39 is 0 Å². The summed E-state index contributed by atoms with van der Waals surface area (Å²) in [5, 5.41) is 8.50. The molecule has 1 radical (unpaired) electrons. The Morgan fingerprint density at radius 3 is 3.10 bits per heavy atom. The van der Waals surface area contributed by atoms with Crippen LogP contribution in [0, 0.1) is 0 Å². The maximum Gasteiger partial charge on any atom is 0.117 e. The first-order chi connectivity index (χ1) is 4.97. The van der Waals surface area contributed by atoms with Crippen LogP contribution < -0.4 is 5.32 Å². The van der Waals surface area contributed by atoms with Crippen molar-refractivity contribution in [2.75, 3.05) is 6.54 Å². The molecule has 1 aliphatic heterocycles. The van der Waals surface area contributed by atoms with Crippen LogP contribution in [0.25, 0.3) is 0 Å². The summed E-state index contributed by atoms with van der Waals surface area (Å²) in [6, 6.07) is 1.94. The van der Waals surface area contributed by atoms with Crippen LogP contribution in [0.4, 0.5) is 0 Å². The zero-order valence-corrected chi connectivity index (χ0v) is 5.77. The summed E-state index contributed by atoms with van der Waals surface area (Å²) in [6.07, 6.45) is 6.47. The van der Waals surface area contributed by atoms with E-state index in [0.29, 0.717) is 6.17 Å². The normalized spacial score (nSPS) is 25.4. The third-order valence-electron chi connectivity index (χ3n) is 1.79. The number of hydrogen-bond donors (Lipinski definition) is 0. The molecular formula is C7H10N3. The largest absolute Gasteiger partial charge is 0.254 e. The molecule has 3 heteroatoms. The van der Waals surface area contributed by atoms with E-state index >= 15 is 0 Å². The van der Waals surface area contributed by atoms with Crippen LogP contribution >= 0.6 is 0 Å². The van der Waals surface area contributed by atoms with Gasteiger partial charge in [-0.3, -0.25) is 4.68 Å². The van der Waals surface area contributed by atoms with E-state index in [1.807, 2.05) is 16.9 Å². The molecule has 1 aromatic rings. The second kappa shape index (κ2) is 2.42. The Balaban J connectivity index is 2.12. The highest BCUT2D eigenvalue weighted by Gasteiger charge is 2.16. The zero-order valence-electron chi connectivity index (χ0n) is 5.77. The second-order valence-electron chi connectivity index (χ2n) is 2.52. The maximum atomic E-state index is 4.38. The fourth-order valence-corrected chi connectivity index (χ4v) is 1.28. The van der Waals surface area contributed by atoms with Crippen molar-refractivity contribution in [1.82, 2.24) is 15.1 Å². The van der Waals surface area contributed by atoms with E-state index in [1.165, 1.54) is 6.42 Å². The van der Waals surface area contributed by atoms with Crippen molar-refractivity contribution < 1.29 is 0 Å². The molecule has 0 amide bonds. The molecule has 10 heavy (non-hydrogen) atoms. The number of nitrogens with zero attached hydrogens (tertiary/aromatic N) is 3. The lowest BCUT2D eigenvalue weighted by molar-refractivity contribution is 0.418. The van der Waals surface area contributed by atoms with Crippen molar-refractivity contribution in [1.29, 1.82) is 0 Å². The summed E-state index contributed by atoms with van der Waals surface area (Å²) < 4.78 is 1.92. The van der Waals surface area contributed by atoms with Gasteiger partial charge in [0.1, 0.15) is 6.17 Å². The Hall–Kier alpha value is -0.830. The molecule has 1 atom stereocenters. The van der Waals surface area contributed by atoms with Gasteiger partial charge in [-0.15, -0.1) is 0 Å². The molecule has 0 bridgehead atoms. The van der Waals surface area contributed by atoms with Gasteiger partial charge in [-0.05, 0) is 18.9 Å². The van der Waals surface area contributed by atoms with Gasteiger partial charge in [-0.2, -0.15) is 5.10 Å². The van der Waals surface area contributed by atoms with E-state index in [-0.39, 0.29) is 0 Å². The predicted molar refractivity (Wildman–Crippen MR) is 37.5 cm³/mol. The summed E-state index contributed by atoms with van der Waals surface area (Å²) in [4.78, 5) is 0. The van der Waals surface area contributed by atoms with E-state index in [4.69, 9.17) is 0 Å². The summed E-state index contributed by atoms with van der Waals surface area (Å²) in [5.74, 6) is 0. The second-order valence-corrected chi connectivity index (χ2v) is 2.52. The highest BCUT2D eigenvalue weighted by Crippen LogP contribution is 2.16. The molecule has 0 N–H and O–H groups in total. The quantitative estimate of drug-likeness (QED) is 0.561. The van der Waals surface area contributed by atoms with Gasteiger partial charge in [-0.25, -0.2) is 5.32 Å². The van der Waals surface area contributed by atoms with Gasteiger partial charge in [0.2, 0.25) is 0 Å². The monoisotopic (exact) mass is 136 g/mol. The van der Waals surface area contributed by atoms with Crippen LogP contribution in [0.3, 0.4) is 0 Å². The van der Waals surface area contributed by atoms with E-state index in [1.54, 1.807) is 6.20 Å². The third kappa shape index (κ3) is 0.926. The Kier molecular flexibility index (Phi) is 1.43. The van der Waals surface area contributed by atoms with Gasteiger partial charge < -0.3 is 0 Å². The molecule has 2 rings (SSSR count). The van der Waals surface area contributed by atoms with Gasteiger partial charge in [0.05, 0.1) is 0 Å². The van der Waals surface area contributed by atoms with Gasteiger partial charge in [0.25, 0.3) is 0 Å². The fourth-order valence-electron chi connectivity index (χ4n) is 1.28. The smallest absolute Gasteiger partial charge is 0.117 e. The van der Waals surface area contributed by atoms with Crippen LogP contribution in [-0.4, -0.2) is 16.3 Å². The summed E-state index contributed by atoms with van der Waals surface area (Å²) in [6.45, 7) is 1.00. The fraction of sp³-hybridized carbons (Fsp3) is 0.571. The number of hydrogen-bond acceptors (Lipinski definition) is 1. The summed E-state index contributed by atoms with van der Waals surface area (Å²) >= 11 is 0. The highest BCUT2D eigenvalue weighted by molar-refractivity contribution is 4.82. The maximum absolute atomic E-state index is 4.38. The Morgan fingerprint density at radius 2 is 2.50 bits per heavy atom. The van der Waals surface area contributed by atoms with Gasteiger partial charge in [0, 0.05) is 18.9 Å². The first-order valence-corrected chi connectivity index (χ1v) is 3.62. The Labute approximate surface area is 60.0 Å². The number of aromatic nitrogens is 2. The molecular weight excluding hydrogens is 126 g/mol. The van der Waals surface area contributed by atoms with Crippen LogP contribution in [0.5, 0.6) is 0 Å². The SMILES string of the molecule is c1cnn(C2CCC[N]2)c1. The predicted octanol–water partition coefficient (Wildman–Crippen LogP) is 0.780. The number of rotatable bonds is 1. The van der Waals surface area contributed by atoms with E-state index in [9.17, 15) is 0 Å². The molecule has 0 aromatic carbocycles. The molecule has 1 aromatic heterocycles. The molecule has 0 spiro atoms. The zero-order chi connectivity index (χ0) is 6.81. The average molecular weight is 136 g/mol. The van der Waals surface area contributed by atoms with Crippen LogP contribution in [0.2, 0.25) is 0 Å². The molecule has 2 heterocycles. The van der Waals surface area contributed by atoms with Crippen molar-refractivity contribution in [3.8, 4) is 0 Å². The first-order valence-electron chi connectivity index (χ1n) is 3.62. The molecule has 1 unspecified atom stereocenters. The first kappa shape index (κ1) is 5.92. The van der Waals surface area contributed by atoms with Gasteiger partial charge in [-0.1, -0.05) is 0 Å². The molecule has 1 saturated heterocycles. The molecule has 3 nitrogen and oxygen atoms in total. The van der Waals surface area contributed by atoms with Crippen molar-refractivity contribution in [3.63, 3.8) is 0 Å². The lowest BCUT2D eigenvalue weighted by Crippen LogP contribution is -2.13. The van der Waals surface area contributed by atoms with Gasteiger partial charge in [0.15, 0.2) is 0 Å². The van der Waals surface area contributed by atoms with Crippen LogP contribution in [-0.2, 0) is 0 Å². The minimum atomic E-state index is 0.329. The average Bonchev–Trinajstić information content (AvgIpc) is 2.59. The topological polar surface area (TPSA) is 31.9 Å². The Bertz CT molecular complexity index is 187. The lowest BCUT2D eigenvalue weighted by Gasteiger charge is -2.07. The van der Waals surface area contributed by atoms with Crippen molar-refractivity contribution in [2.45, 2.75) is 19.0 Å². The van der Waals surface area contributed by atoms with E-state index in [0.717, 1.165) is 13.0 Å². The minimum Gasteiger partial charge on any atom is -0.254 e. The van der Waals surface area contributed by atoms with Crippen molar-refractivity contribution >= 4 is 0 Å². The molecule has 0 saturated carbocycles. The van der Waals surface area contributed by atoms with Crippen LogP contribution in [0.15, 0.2) is 18.5 Å². The molecule has 1 aliphatic rings. The molecule has 0 aliphatic carbocycles. The van der Waals surface area contributed by atoms with E-state index in [2.05, 4.69) is 10.4 Å². The van der Waals surface area contributed by atoms with Crippen molar-refractivity contribution in [3.05, 3.63) is 18.5 Å². The van der Waals surface area contributed by atoms with Crippen molar-refractivity contribution in [2.24, 2.45) is 0 Å². The lowest BCUT2D eigenvalue weighted by atomic mass is 10.3. The minimum absolute atomic E-state index is 0.329.